The van der Waals surface area contributed by atoms with Crippen LogP contribution in [0.4, 0.5) is 0 Å². The molecule has 0 unspecified atom stereocenters. The summed E-state index contributed by atoms with van der Waals surface area (Å²) in [4.78, 5) is 0. The first-order chi connectivity index (χ1) is 8.74. The summed E-state index contributed by atoms with van der Waals surface area (Å²) < 4.78 is 0.779. The molecule has 0 rings (SSSR count). The first-order valence-corrected chi connectivity index (χ1v) is 15.9. The van der Waals surface area contributed by atoms with E-state index in [2.05, 4.69) is 33.5 Å². The molecule has 0 bridgehead atoms. The van der Waals surface area contributed by atoms with Gasteiger partial charge < -0.3 is 0 Å². The van der Waals surface area contributed by atoms with Gasteiger partial charge in [-0.3, -0.25) is 0 Å². The number of hydrogen-bond donors (Lipinski definition) is 0. The Hall–Kier alpha value is 1.28. The summed E-state index contributed by atoms with van der Waals surface area (Å²) in [6.07, 6.45) is 17.4. The van der Waals surface area contributed by atoms with Crippen molar-refractivity contribution in [2.75, 3.05) is 0 Å². The number of rotatable bonds is 13. The fourth-order valence-corrected chi connectivity index (χ4v) is 8.93. The van der Waals surface area contributed by atoms with Crippen molar-refractivity contribution in [3.63, 3.8) is 0 Å². The molecule has 0 N–H and O–H groups in total. The van der Waals surface area contributed by atoms with E-state index in [9.17, 15) is 0 Å². The van der Waals surface area contributed by atoms with Crippen molar-refractivity contribution in [3.8, 4) is 0 Å². The third-order valence-electron chi connectivity index (χ3n) is 3.98. The molecule has 0 heterocycles. The molecule has 18 heavy (non-hydrogen) atoms. The number of hydrogen-bond acceptors (Lipinski definition) is 0. The van der Waals surface area contributed by atoms with Gasteiger partial charge >= 0.3 is 133 Å². The van der Waals surface area contributed by atoms with Crippen LogP contribution in [0.3, 0.4) is 0 Å². The molecule has 0 atom stereocenters. The standard InChI is InChI=1S/C16H33.BrH.Sn/c1-4-7-10-11-12-15-16(13-8-5-2)14-9-6-3;;/h4-15H2,1-3H3;1H;/q;;+1/p-1. The molecule has 0 amide bonds. The molecular weight excluding hydrogens is 391 g/mol. The predicted molar refractivity (Wildman–Crippen MR) is 89.8 cm³/mol. The fraction of sp³-hybridized carbons (Fsp3) is 1.00. The van der Waals surface area contributed by atoms with Crippen molar-refractivity contribution in [2.45, 2.75) is 101 Å². The Morgan fingerprint density at radius 1 is 0.667 bits per heavy atom. The van der Waals surface area contributed by atoms with Crippen LogP contribution in [0.2, 0.25) is 3.43 Å². The van der Waals surface area contributed by atoms with Crippen molar-refractivity contribution in [1.29, 1.82) is 0 Å². The third-order valence-corrected chi connectivity index (χ3v) is 12.9. The van der Waals surface area contributed by atoms with Crippen molar-refractivity contribution in [3.05, 3.63) is 0 Å². The van der Waals surface area contributed by atoms with Crippen molar-refractivity contribution in [2.24, 2.45) is 0 Å². The maximum absolute atomic E-state index is 3.99. The minimum atomic E-state index is -0.329. The van der Waals surface area contributed by atoms with E-state index in [0.29, 0.717) is 0 Å². The molecule has 2 heteroatoms. The molecule has 0 aromatic heterocycles. The van der Waals surface area contributed by atoms with Gasteiger partial charge in [0.2, 0.25) is 0 Å². The van der Waals surface area contributed by atoms with Crippen molar-refractivity contribution in [1.82, 2.24) is 0 Å². The molecule has 0 fully saturated rings. The van der Waals surface area contributed by atoms with E-state index in [1.54, 1.807) is 0 Å². The molecule has 108 valence electrons. The summed E-state index contributed by atoms with van der Waals surface area (Å²) in [5, 5.41) is 0. The number of halogens is 1. The summed E-state index contributed by atoms with van der Waals surface area (Å²) in [5.41, 5.74) is 0. The second-order valence-corrected chi connectivity index (χ2v) is 12.0. The van der Waals surface area contributed by atoms with Gasteiger partial charge in [0.25, 0.3) is 0 Å². The Morgan fingerprint density at radius 2 is 1.11 bits per heavy atom. The van der Waals surface area contributed by atoms with Crippen LogP contribution in [0.15, 0.2) is 0 Å². The summed E-state index contributed by atoms with van der Waals surface area (Å²) in [7, 11) is 0. The van der Waals surface area contributed by atoms with Gasteiger partial charge in [0.15, 0.2) is 0 Å². The van der Waals surface area contributed by atoms with Gasteiger partial charge in [0, 0.05) is 0 Å². The zero-order chi connectivity index (χ0) is 13.7. The normalized spacial score (nSPS) is 12.0. The Kier molecular flexibility index (Phi) is 14.2. The number of unbranched alkanes of at least 4 members (excludes halogenated alkanes) is 6. The second-order valence-electron chi connectivity index (χ2n) is 5.75. The maximum atomic E-state index is 3.99. The zero-order valence-electron chi connectivity index (χ0n) is 12.9. The van der Waals surface area contributed by atoms with Crippen LogP contribution in [0, 0.1) is 0 Å². The Bertz CT molecular complexity index is 162. The summed E-state index contributed by atoms with van der Waals surface area (Å²) in [5.74, 6) is 0. The van der Waals surface area contributed by atoms with E-state index < -0.39 is 0 Å². The van der Waals surface area contributed by atoms with Crippen LogP contribution < -0.4 is 0 Å². The van der Waals surface area contributed by atoms with Crippen LogP contribution in [0.25, 0.3) is 0 Å². The summed E-state index contributed by atoms with van der Waals surface area (Å²) >= 11 is 3.66. The monoisotopic (exact) mass is 424 g/mol. The average molecular weight is 424 g/mol. The van der Waals surface area contributed by atoms with Crippen LogP contribution in [-0.2, 0) is 0 Å². The molecule has 0 aromatic carbocycles. The third kappa shape index (κ3) is 9.23. The Labute approximate surface area is 132 Å². The summed E-state index contributed by atoms with van der Waals surface area (Å²) in [6, 6.07) is 0. The quantitative estimate of drug-likeness (QED) is 0.223. The molecule has 0 aliphatic carbocycles. The second kappa shape index (κ2) is 13.3. The van der Waals surface area contributed by atoms with Gasteiger partial charge in [-0.2, -0.15) is 0 Å². The van der Waals surface area contributed by atoms with Crippen LogP contribution in [-0.4, -0.2) is 18.9 Å². The molecule has 0 nitrogen and oxygen atoms in total. The Balaban J connectivity index is 4.07. The van der Waals surface area contributed by atoms with Gasteiger partial charge in [-0.15, -0.1) is 0 Å². The molecule has 0 aliphatic heterocycles. The van der Waals surface area contributed by atoms with E-state index in [-0.39, 0.29) is 18.9 Å². The fourth-order valence-electron chi connectivity index (χ4n) is 2.61. The minimum absolute atomic E-state index is 0.329. The molecular formula is C16H33BrSn. The van der Waals surface area contributed by atoms with E-state index in [4.69, 9.17) is 0 Å². The van der Waals surface area contributed by atoms with E-state index in [0.717, 1.165) is 3.43 Å². The van der Waals surface area contributed by atoms with Gasteiger partial charge in [0.1, 0.15) is 0 Å². The van der Waals surface area contributed by atoms with Gasteiger partial charge in [-0.05, 0) is 0 Å². The molecule has 2 radical (unpaired) electrons. The topological polar surface area (TPSA) is 0 Å². The average Bonchev–Trinajstić information content (AvgIpc) is 2.41. The van der Waals surface area contributed by atoms with Crippen LogP contribution in [0.1, 0.15) is 97.8 Å². The molecule has 0 saturated heterocycles. The van der Waals surface area contributed by atoms with Crippen LogP contribution >= 0.6 is 12.7 Å². The Morgan fingerprint density at radius 3 is 1.56 bits per heavy atom. The SMILES string of the molecule is CCCCCCC[C](CCCC)(CCCC)[Sn][Br]. The molecule has 0 saturated carbocycles. The van der Waals surface area contributed by atoms with E-state index >= 15 is 0 Å². The first kappa shape index (κ1) is 19.3. The van der Waals surface area contributed by atoms with Gasteiger partial charge in [-0.1, -0.05) is 0 Å². The zero-order valence-corrected chi connectivity index (χ0v) is 17.3. The van der Waals surface area contributed by atoms with E-state index in [1.165, 1.54) is 77.0 Å². The van der Waals surface area contributed by atoms with Crippen LogP contribution in [0.5, 0.6) is 0 Å². The molecule has 0 aromatic rings. The first-order valence-electron chi connectivity index (χ1n) is 8.12. The van der Waals surface area contributed by atoms with Crippen molar-refractivity contribution >= 4 is 31.6 Å². The molecule has 0 aliphatic rings. The van der Waals surface area contributed by atoms with E-state index in [1.807, 2.05) is 0 Å². The van der Waals surface area contributed by atoms with Gasteiger partial charge in [0.05, 0.1) is 0 Å². The molecule has 0 spiro atoms. The predicted octanol–water partition coefficient (Wildman–Crippen LogP) is 6.90. The summed E-state index contributed by atoms with van der Waals surface area (Å²) in [6.45, 7) is 6.98. The van der Waals surface area contributed by atoms with Crippen molar-refractivity contribution < 1.29 is 0 Å². The van der Waals surface area contributed by atoms with Gasteiger partial charge in [-0.25, -0.2) is 0 Å².